The third-order valence-corrected chi connectivity index (χ3v) is 12.3. The Morgan fingerprint density at radius 2 is 1.29 bits per heavy atom. The SMILES string of the molecule is COCC1Oc2cc(-c3cnc(C4CCCN4C(=O)C(NC(=O)OC)C(C)C)[nH]3)ccc2-c2[nH]c3ccc(-c4cnc(C5CCCN5C(=O)C(NC(=O)OC)C(C)C)[nH]4)cc3c21. The number of aromatic amines is 3. The van der Waals surface area contributed by atoms with Gasteiger partial charge in [-0.2, -0.15) is 0 Å². The lowest BCUT2D eigenvalue weighted by atomic mass is 9.95. The number of nitrogens with one attached hydrogen (secondary N) is 5. The molecule has 5 unspecified atom stereocenters. The average molecular weight is 850 g/mol. The lowest BCUT2D eigenvalue weighted by Gasteiger charge is -2.30. The molecule has 2 fully saturated rings. The van der Waals surface area contributed by atoms with Crippen LogP contribution in [-0.4, -0.2) is 112 Å². The summed E-state index contributed by atoms with van der Waals surface area (Å²) in [5, 5.41) is 6.40. The number of carbonyl (C=O) groups is 4. The summed E-state index contributed by atoms with van der Waals surface area (Å²) in [5.74, 6) is 1.49. The van der Waals surface area contributed by atoms with Gasteiger partial charge in [-0.3, -0.25) is 9.59 Å². The Labute approximate surface area is 359 Å². The molecular formula is C45H55N9O8. The van der Waals surface area contributed by atoms with Gasteiger partial charge >= 0.3 is 12.2 Å². The van der Waals surface area contributed by atoms with Crippen LogP contribution in [0.25, 0.3) is 44.7 Å². The molecular weight excluding hydrogens is 795 g/mol. The second kappa shape index (κ2) is 17.6. The van der Waals surface area contributed by atoms with Crippen molar-refractivity contribution in [2.75, 3.05) is 41.0 Å². The first kappa shape index (κ1) is 42.3. The van der Waals surface area contributed by atoms with Gasteiger partial charge in [0, 0.05) is 53.4 Å². The van der Waals surface area contributed by atoms with E-state index in [2.05, 4.69) is 37.7 Å². The van der Waals surface area contributed by atoms with E-state index in [0.717, 1.165) is 75.9 Å². The second-order valence-electron chi connectivity index (χ2n) is 16.9. The zero-order valence-corrected chi connectivity index (χ0v) is 36.2. The van der Waals surface area contributed by atoms with Gasteiger partial charge in [-0.05, 0) is 61.8 Å². The molecule has 2 saturated heterocycles. The Balaban J connectivity index is 1.04. The summed E-state index contributed by atoms with van der Waals surface area (Å²) in [6, 6.07) is 10.3. The lowest BCUT2D eigenvalue weighted by Crippen LogP contribution is -2.51. The number of likely N-dealkylation sites (tertiary alicyclic amines) is 2. The Bertz CT molecular complexity index is 2470. The maximum atomic E-state index is 13.7. The van der Waals surface area contributed by atoms with Crippen molar-refractivity contribution in [1.29, 1.82) is 0 Å². The first-order valence-corrected chi connectivity index (χ1v) is 21.3. The number of benzene rings is 2. The number of methoxy groups -OCH3 is 3. The van der Waals surface area contributed by atoms with Crippen molar-refractivity contribution in [3.63, 3.8) is 0 Å². The molecule has 6 heterocycles. The quantitative estimate of drug-likeness (QED) is 0.0889. The van der Waals surface area contributed by atoms with Gasteiger partial charge in [0.2, 0.25) is 11.8 Å². The largest absolute Gasteiger partial charge is 0.482 e. The number of H-pyrrole nitrogens is 3. The molecule has 2 aromatic carbocycles. The minimum Gasteiger partial charge on any atom is -0.482 e. The Morgan fingerprint density at radius 3 is 1.81 bits per heavy atom. The Kier molecular flexibility index (Phi) is 12.0. The van der Waals surface area contributed by atoms with Crippen LogP contribution in [0.15, 0.2) is 48.8 Å². The third kappa shape index (κ3) is 7.96. The second-order valence-corrected chi connectivity index (χ2v) is 16.9. The van der Waals surface area contributed by atoms with E-state index >= 15 is 0 Å². The minimum atomic E-state index is -0.718. The van der Waals surface area contributed by atoms with Crippen molar-refractivity contribution in [1.82, 2.24) is 45.4 Å². The van der Waals surface area contributed by atoms with E-state index in [1.807, 2.05) is 52.0 Å². The summed E-state index contributed by atoms with van der Waals surface area (Å²) in [6.45, 7) is 9.04. The van der Waals surface area contributed by atoms with Crippen molar-refractivity contribution < 1.29 is 38.1 Å². The molecule has 0 radical (unpaired) electrons. The molecule has 3 aromatic heterocycles. The third-order valence-electron chi connectivity index (χ3n) is 12.3. The van der Waals surface area contributed by atoms with Crippen molar-refractivity contribution in [3.05, 3.63) is 66.0 Å². The number of ether oxygens (including phenoxy) is 4. The maximum Gasteiger partial charge on any atom is 0.407 e. The van der Waals surface area contributed by atoms with Crippen LogP contribution in [0.1, 0.15) is 88.8 Å². The van der Waals surface area contributed by atoms with Crippen LogP contribution in [0.3, 0.4) is 0 Å². The van der Waals surface area contributed by atoms with Crippen LogP contribution in [0, 0.1) is 11.8 Å². The number of imidazole rings is 2. The molecule has 4 amide bonds. The van der Waals surface area contributed by atoms with Gasteiger partial charge in [-0.15, -0.1) is 0 Å². The molecule has 0 saturated carbocycles. The Morgan fingerprint density at radius 1 is 0.758 bits per heavy atom. The number of hydrogen-bond acceptors (Lipinski definition) is 10. The molecule has 328 valence electrons. The smallest absolute Gasteiger partial charge is 0.407 e. The van der Waals surface area contributed by atoms with Crippen LogP contribution in [-0.2, 0) is 23.8 Å². The normalized spacial score (nSPS) is 19.3. The predicted octanol–water partition coefficient (Wildman–Crippen LogP) is 6.78. The summed E-state index contributed by atoms with van der Waals surface area (Å²) in [5.41, 5.74) is 7.20. The predicted molar refractivity (Wildman–Crippen MR) is 230 cm³/mol. The van der Waals surface area contributed by atoms with E-state index in [1.165, 1.54) is 14.2 Å². The summed E-state index contributed by atoms with van der Waals surface area (Å²) in [7, 11) is 4.23. The highest BCUT2D eigenvalue weighted by Gasteiger charge is 2.39. The first-order valence-electron chi connectivity index (χ1n) is 21.3. The van der Waals surface area contributed by atoms with Crippen LogP contribution in [0.4, 0.5) is 9.59 Å². The highest BCUT2D eigenvalue weighted by Crippen LogP contribution is 2.47. The number of amides is 4. The summed E-state index contributed by atoms with van der Waals surface area (Å²) >= 11 is 0. The summed E-state index contributed by atoms with van der Waals surface area (Å²) in [4.78, 5) is 75.3. The number of rotatable bonds is 12. The van der Waals surface area contributed by atoms with E-state index in [-0.39, 0.29) is 35.7 Å². The van der Waals surface area contributed by atoms with Gasteiger partial charge in [0.15, 0.2) is 0 Å². The first-order chi connectivity index (χ1) is 29.9. The van der Waals surface area contributed by atoms with Gasteiger partial charge in [0.05, 0.1) is 62.4 Å². The fourth-order valence-corrected chi connectivity index (χ4v) is 9.09. The van der Waals surface area contributed by atoms with E-state index in [4.69, 9.17) is 28.9 Å². The maximum absolute atomic E-state index is 13.7. The van der Waals surface area contributed by atoms with Crippen LogP contribution < -0.4 is 15.4 Å². The van der Waals surface area contributed by atoms with E-state index in [0.29, 0.717) is 37.1 Å². The monoisotopic (exact) mass is 849 g/mol. The van der Waals surface area contributed by atoms with E-state index < -0.39 is 30.4 Å². The standard InChI is InChI=1S/C45H55N9O8/c1-23(2)37(51-44(57)60-6)42(55)53-16-8-10-32(53)40-46-20-30(49-40)25-13-15-29-28(18-25)36-35(22-59-5)62-34-19-26(12-14-27(34)39(36)48-29)31-21-47-41(50-31)33-11-9-17-54(33)43(56)38(24(3)4)52-45(58)61-7/h12-15,18-21,23-24,32-33,35,37-38,48H,8-11,16-17,22H2,1-7H3,(H,46,49)(H,47,50)(H,51,57)(H,52,58). The Hall–Kier alpha value is -6.36. The lowest BCUT2D eigenvalue weighted by molar-refractivity contribution is -0.136. The van der Waals surface area contributed by atoms with E-state index in [9.17, 15) is 19.2 Å². The molecule has 5 atom stereocenters. The van der Waals surface area contributed by atoms with Crippen molar-refractivity contribution in [3.8, 4) is 39.5 Å². The van der Waals surface area contributed by atoms with Gasteiger partial charge in [-0.25, -0.2) is 19.6 Å². The van der Waals surface area contributed by atoms with Crippen LogP contribution in [0.2, 0.25) is 0 Å². The highest BCUT2D eigenvalue weighted by atomic mass is 16.5. The number of aromatic nitrogens is 5. The number of carbonyl (C=O) groups excluding carboxylic acids is 4. The molecule has 0 bridgehead atoms. The molecule has 5 N–H and O–H groups in total. The molecule has 0 spiro atoms. The molecule has 62 heavy (non-hydrogen) atoms. The molecule has 17 heteroatoms. The molecule has 5 aromatic rings. The fraction of sp³-hybridized carbons (Fsp3) is 0.467. The number of alkyl carbamates (subject to hydrolysis) is 2. The van der Waals surface area contributed by atoms with E-state index in [1.54, 1.807) is 29.3 Å². The zero-order valence-electron chi connectivity index (χ0n) is 36.2. The summed E-state index contributed by atoms with van der Waals surface area (Å²) in [6.07, 6.45) is 5.04. The average Bonchev–Trinajstić information content (AvgIpc) is 4.12. The number of nitrogens with zero attached hydrogens (tertiary/aromatic N) is 4. The molecule has 0 aliphatic carbocycles. The van der Waals surface area contributed by atoms with Crippen molar-refractivity contribution >= 4 is 34.9 Å². The van der Waals surface area contributed by atoms with Crippen LogP contribution in [0.5, 0.6) is 5.75 Å². The zero-order chi connectivity index (χ0) is 43.8. The van der Waals surface area contributed by atoms with Gasteiger partial charge in [0.25, 0.3) is 0 Å². The fourth-order valence-electron chi connectivity index (χ4n) is 9.09. The number of fused-ring (bicyclic) bond motifs is 5. The minimum absolute atomic E-state index is 0.130. The number of hydrogen-bond donors (Lipinski definition) is 5. The summed E-state index contributed by atoms with van der Waals surface area (Å²) < 4.78 is 22.0. The van der Waals surface area contributed by atoms with Gasteiger partial charge in [-0.1, -0.05) is 39.8 Å². The van der Waals surface area contributed by atoms with Crippen molar-refractivity contribution in [2.24, 2.45) is 11.8 Å². The van der Waals surface area contributed by atoms with Gasteiger partial charge < -0.3 is 54.3 Å². The van der Waals surface area contributed by atoms with Gasteiger partial charge in [0.1, 0.15) is 35.6 Å². The molecule has 17 nitrogen and oxygen atoms in total. The topological polar surface area (TPSA) is 209 Å². The molecule has 3 aliphatic rings. The highest BCUT2D eigenvalue weighted by molar-refractivity contribution is 5.96. The van der Waals surface area contributed by atoms with Crippen LogP contribution >= 0.6 is 0 Å². The molecule has 3 aliphatic heterocycles. The van der Waals surface area contributed by atoms with Crippen molar-refractivity contribution in [2.45, 2.75) is 83.6 Å². The molecule has 8 rings (SSSR count).